The maximum absolute atomic E-state index is 11.5. The van der Waals surface area contributed by atoms with Gasteiger partial charge in [-0.05, 0) is 32.9 Å². The van der Waals surface area contributed by atoms with Crippen molar-refractivity contribution >= 4 is 16.9 Å². The molecule has 0 spiro atoms. The molecule has 0 aliphatic heterocycles. The Bertz CT molecular complexity index is 626. The van der Waals surface area contributed by atoms with E-state index in [0.717, 1.165) is 22.3 Å². The quantitative estimate of drug-likeness (QED) is 0.920. The molecule has 0 aliphatic carbocycles. The molecule has 4 heteroatoms. The number of hydrogen-bond acceptors (Lipinski definition) is 2. The number of hydrogen-bond donors (Lipinski definition) is 1. The summed E-state index contributed by atoms with van der Waals surface area (Å²) in [6.07, 6.45) is 0. The zero-order valence-electron chi connectivity index (χ0n) is 11.7. The lowest BCUT2D eigenvalue weighted by atomic mass is 9.89. The maximum Gasteiger partial charge on any atom is 0.315 e. The van der Waals surface area contributed by atoms with Gasteiger partial charge in [0.15, 0.2) is 0 Å². The standard InChI is InChI=1S/C15H19NO3/c1-5-16-12(15(2,3)14(17)18)9-10-7-6-8-11(19-4)13(10)16/h6-9H,5H2,1-4H3,(H,17,18). The van der Waals surface area contributed by atoms with E-state index in [1.807, 2.05) is 35.8 Å². The maximum atomic E-state index is 11.5. The fourth-order valence-electron chi connectivity index (χ4n) is 2.41. The van der Waals surface area contributed by atoms with Gasteiger partial charge in [-0.2, -0.15) is 0 Å². The Kier molecular flexibility index (Phi) is 3.27. The van der Waals surface area contributed by atoms with Crippen LogP contribution in [0, 0.1) is 0 Å². The molecular formula is C15H19NO3. The van der Waals surface area contributed by atoms with Crippen LogP contribution < -0.4 is 4.74 Å². The number of carbonyl (C=O) groups is 1. The predicted molar refractivity (Wildman–Crippen MR) is 74.8 cm³/mol. The molecule has 0 radical (unpaired) electrons. The number of aromatic nitrogens is 1. The van der Waals surface area contributed by atoms with Gasteiger partial charge in [0, 0.05) is 17.6 Å². The van der Waals surface area contributed by atoms with Gasteiger partial charge in [0.2, 0.25) is 0 Å². The number of methoxy groups -OCH3 is 1. The van der Waals surface area contributed by atoms with Gasteiger partial charge >= 0.3 is 5.97 Å². The number of carboxylic acid groups (broad SMARTS) is 1. The van der Waals surface area contributed by atoms with E-state index < -0.39 is 11.4 Å². The van der Waals surface area contributed by atoms with Crippen molar-refractivity contribution in [2.45, 2.75) is 32.7 Å². The first-order valence-electron chi connectivity index (χ1n) is 6.33. The molecule has 1 aromatic heterocycles. The third-order valence-electron chi connectivity index (χ3n) is 3.59. The minimum absolute atomic E-state index is 0.704. The third kappa shape index (κ3) is 1.97. The summed E-state index contributed by atoms with van der Waals surface area (Å²) in [5.41, 5.74) is 0.818. The van der Waals surface area contributed by atoms with Crippen LogP contribution in [-0.4, -0.2) is 22.8 Å². The number of aryl methyl sites for hydroxylation is 1. The van der Waals surface area contributed by atoms with E-state index in [2.05, 4.69) is 0 Å². The molecular weight excluding hydrogens is 242 g/mol. The Labute approximate surface area is 112 Å². The summed E-state index contributed by atoms with van der Waals surface area (Å²) in [5.74, 6) is -0.0595. The second kappa shape index (κ2) is 4.61. The molecule has 0 unspecified atom stereocenters. The molecule has 102 valence electrons. The molecule has 0 fully saturated rings. The first-order valence-corrected chi connectivity index (χ1v) is 6.33. The van der Waals surface area contributed by atoms with Gasteiger partial charge in [-0.15, -0.1) is 0 Å². The van der Waals surface area contributed by atoms with Crippen LogP contribution in [0.4, 0.5) is 0 Å². The highest BCUT2D eigenvalue weighted by Gasteiger charge is 2.33. The SMILES string of the molecule is CCn1c(C(C)(C)C(=O)O)cc2cccc(OC)c21. The summed E-state index contributed by atoms with van der Waals surface area (Å²) >= 11 is 0. The van der Waals surface area contributed by atoms with Crippen LogP contribution >= 0.6 is 0 Å². The molecule has 0 saturated carbocycles. The summed E-state index contributed by atoms with van der Waals surface area (Å²) in [7, 11) is 1.63. The number of aliphatic carboxylic acids is 1. The molecule has 2 aromatic rings. The largest absolute Gasteiger partial charge is 0.495 e. The lowest BCUT2D eigenvalue weighted by Crippen LogP contribution is -2.31. The number of nitrogens with zero attached hydrogens (tertiary/aromatic N) is 1. The average Bonchev–Trinajstić information content (AvgIpc) is 2.77. The van der Waals surface area contributed by atoms with Crippen molar-refractivity contribution in [2.24, 2.45) is 0 Å². The van der Waals surface area contributed by atoms with E-state index in [4.69, 9.17) is 4.74 Å². The highest BCUT2D eigenvalue weighted by Crippen LogP contribution is 2.34. The minimum atomic E-state index is -0.931. The van der Waals surface area contributed by atoms with Crippen molar-refractivity contribution in [2.75, 3.05) is 7.11 Å². The van der Waals surface area contributed by atoms with Crippen LogP contribution in [0.15, 0.2) is 24.3 Å². The highest BCUT2D eigenvalue weighted by molar-refractivity contribution is 5.90. The zero-order valence-corrected chi connectivity index (χ0v) is 11.7. The van der Waals surface area contributed by atoms with Crippen LogP contribution in [0.5, 0.6) is 5.75 Å². The number of ether oxygens (including phenoxy) is 1. The number of fused-ring (bicyclic) bond motifs is 1. The molecule has 2 rings (SSSR count). The molecule has 0 bridgehead atoms. The molecule has 1 N–H and O–H groups in total. The van der Waals surface area contributed by atoms with Gasteiger partial charge in [-0.3, -0.25) is 4.79 Å². The second-order valence-electron chi connectivity index (χ2n) is 5.10. The summed E-state index contributed by atoms with van der Waals surface area (Å²) in [6.45, 7) is 6.16. The van der Waals surface area contributed by atoms with E-state index in [0.29, 0.717) is 6.54 Å². The number of carboxylic acids is 1. The highest BCUT2D eigenvalue weighted by atomic mass is 16.5. The normalized spacial score (nSPS) is 11.8. The Morgan fingerprint density at radius 1 is 1.42 bits per heavy atom. The van der Waals surface area contributed by atoms with Crippen LogP contribution in [0.25, 0.3) is 10.9 Å². The van der Waals surface area contributed by atoms with Gasteiger partial charge < -0.3 is 14.4 Å². The monoisotopic (exact) mass is 261 g/mol. The second-order valence-corrected chi connectivity index (χ2v) is 5.10. The van der Waals surface area contributed by atoms with E-state index >= 15 is 0 Å². The summed E-state index contributed by atoms with van der Waals surface area (Å²) < 4.78 is 7.40. The minimum Gasteiger partial charge on any atom is -0.495 e. The average molecular weight is 261 g/mol. The zero-order chi connectivity index (χ0) is 14.2. The van der Waals surface area contributed by atoms with Gasteiger partial charge in [-0.1, -0.05) is 12.1 Å². The molecule has 0 aliphatic rings. The van der Waals surface area contributed by atoms with Crippen molar-refractivity contribution in [1.29, 1.82) is 0 Å². The fraction of sp³-hybridized carbons (Fsp3) is 0.400. The number of para-hydroxylation sites is 1. The summed E-state index contributed by atoms with van der Waals surface area (Å²) in [4.78, 5) is 11.5. The Morgan fingerprint density at radius 2 is 2.11 bits per heavy atom. The third-order valence-corrected chi connectivity index (χ3v) is 3.59. The van der Waals surface area contributed by atoms with Gasteiger partial charge in [-0.25, -0.2) is 0 Å². The molecule has 1 heterocycles. The molecule has 1 aromatic carbocycles. The van der Waals surface area contributed by atoms with Gasteiger partial charge in [0.05, 0.1) is 12.6 Å². The van der Waals surface area contributed by atoms with Crippen molar-refractivity contribution in [3.8, 4) is 5.75 Å². The molecule has 0 atom stereocenters. The van der Waals surface area contributed by atoms with Crippen LogP contribution in [0.2, 0.25) is 0 Å². The first-order chi connectivity index (χ1) is 8.93. The lowest BCUT2D eigenvalue weighted by Gasteiger charge is -2.22. The van der Waals surface area contributed by atoms with Crippen molar-refractivity contribution in [1.82, 2.24) is 4.57 Å². The first kappa shape index (κ1) is 13.5. The Balaban J connectivity index is 2.81. The molecule has 0 amide bonds. The number of rotatable bonds is 4. The van der Waals surface area contributed by atoms with Crippen molar-refractivity contribution in [3.63, 3.8) is 0 Å². The molecule has 0 saturated heterocycles. The van der Waals surface area contributed by atoms with E-state index in [9.17, 15) is 9.90 Å². The molecule has 19 heavy (non-hydrogen) atoms. The summed E-state index contributed by atoms with van der Waals surface area (Å²) in [6, 6.07) is 7.73. The van der Waals surface area contributed by atoms with Gasteiger partial charge in [0.25, 0.3) is 0 Å². The van der Waals surface area contributed by atoms with Crippen LogP contribution in [-0.2, 0) is 16.8 Å². The van der Waals surface area contributed by atoms with Gasteiger partial charge in [0.1, 0.15) is 11.2 Å². The van der Waals surface area contributed by atoms with E-state index in [-0.39, 0.29) is 0 Å². The fourth-order valence-corrected chi connectivity index (χ4v) is 2.41. The smallest absolute Gasteiger partial charge is 0.315 e. The van der Waals surface area contributed by atoms with Crippen LogP contribution in [0.1, 0.15) is 26.5 Å². The van der Waals surface area contributed by atoms with Crippen molar-refractivity contribution < 1.29 is 14.6 Å². The van der Waals surface area contributed by atoms with Crippen LogP contribution in [0.3, 0.4) is 0 Å². The Morgan fingerprint density at radius 3 is 2.63 bits per heavy atom. The number of benzene rings is 1. The lowest BCUT2D eigenvalue weighted by molar-refractivity contribution is -0.142. The predicted octanol–water partition coefficient (Wildman–Crippen LogP) is 3.03. The van der Waals surface area contributed by atoms with E-state index in [1.54, 1.807) is 21.0 Å². The Hall–Kier alpha value is -1.97. The molecule has 4 nitrogen and oxygen atoms in total. The summed E-state index contributed by atoms with van der Waals surface area (Å²) in [5, 5.41) is 10.4. The topological polar surface area (TPSA) is 51.5 Å². The van der Waals surface area contributed by atoms with E-state index in [1.165, 1.54) is 0 Å². The van der Waals surface area contributed by atoms with Crippen molar-refractivity contribution in [3.05, 3.63) is 30.0 Å².